The zero-order valence-corrected chi connectivity index (χ0v) is 20.2. The van der Waals surface area contributed by atoms with Gasteiger partial charge in [-0.05, 0) is 54.5 Å². The van der Waals surface area contributed by atoms with Gasteiger partial charge >= 0.3 is 0 Å². The largest absolute Gasteiger partial charge is 0.345 e. The van der Waals surface area contributed by atoms with Crippen molar-refractivity contribution in [2.45, 2.75) is 63.3 Å². The van der Waals surface area contributed by atoms with Crippen molar-refractivity contribution < 1.29 is 13.2 Å². The van der Waals surface area contributed by atoms with Crippen LogP contribution in [-0.2, 0) is 15.4 Å². The summed E-state index contributed by atoms with van der Waals surface area (Å²) in [5, 5.41) is 3.17. The van der Waals surface area contributed by atoms with Crippen LogP contribution in [0.15, 0.2) is 47.4 Å². The van der Waals surface area contributed by atoms with Gasteiger partial charge in [0.2, 0.25) is 10.0 Å². The predicted octanol–water partition coefficient (Wildman–Crippen LogP) is 5.30. The summed E-state index contributed by atoms with van der Waals surface area (Å²) in [6, 6.07) is 12.2. The van der Waals surface area contributed by atoms with Crippen molar-refractivity contribution in [3.05, 3.63) is 64.2 Å². The van der Waals surface area contributed by atoms with Crippen molar-refractivity contribution in [3.8, 4) is 0 Å². The molecular formula is C24H31ClN2O3S. The normalized spacial score (nSPS) is 16.7. The number of piperidine rings is 1. The molecule has 1 atom stereocenters. The van der Waals surface area contributed by atoms with Crippen LogP contribution in [0.25, 0.3) is 0 Å². The summed E-state index contributed by atoms with van der Waals surface area (Å²) in [6.45, 7) is 9.37. The van der Waals surface area contributed by atoms with E-state index in [2.05, 4.69) is 38.2 Å². The molecule has 1 heterocycles. The summed E-state index contributed by atoms with van der Waals surface area (Å²) in [4.78, 5) is 13.0. The highest BCUT2D eigenvalue weighted by Crippen LogP contribution is 2.27. The highest BCUT2D eigenvalue weighted by atomic mass is 35.5. The van der Waals surface area contributed by atoms with Crippen LogP contribution in [0.2, 0.25) is 5.02 Å². The Kier molecular flexibility index (Phi) is 7.14. The second-order valence-electron chi connectivity index (χ2n) is 9.17. The third-order valence-corrected chi connectivity index (χ3v) is 7.98. The molecular weight excluding hydrogens is 432 g/mol. The summed E-state index contributed by atoms with van der Waals surface area (Å²) in [7, 11) is -3.64. The number of sulfonamides is 1. The molecule has 1 aliphatic heterocycles. The lowest BCUT2D eigenvalue weighted by Gasteiger charge is -2.26. The van der Waals surface area contributed by atoms with Crippen LogP contribution in [0.1, 0.15) is 74.5 Å². The van der Waals surface area contributed by atoms with E-state index in [0.717, 1.165) is 24.8 Å². The molecule has 2 aromatic rings. The van der Waals surface area contributed by atoms with E-state index in [4.69, 9.17) is 11.6 Å². The lowest BCUT2D eigenvalue weighted by molar-refractivity contribution is 0.0940. The Bertz CT molecular complexity index is 1040. The number of halogens is 1. The Morgan fingerprint density at radius 1 is 1.03 bits per heavy atom. The Labute approximate surface area is 190 Å². The number of benzene rings is 2. The molecule has 1 N–H and O–H groups in total. The highest BCUT2D eigenvalue weighted by molar-refractivity contribution is 7.89. The van der Waals surface area contributed by atoms with E-state index in [1.54, 1.807) is 0 Å². The number of nitrogens with one attached hydrogen (secondary N) is 1. The molecule has 168 valence electrons. The van der Waals surface area contributed by atoms with Gasteiger partial charge in [0.25, 0.3) is 5.91 Å². The Morgan fingerprint density at radius 3 is 2.23 bits per heavy atom. The van der Waals surface area contributed by atoms with Gasteiger partial charge < -0.3 is 5.32 Å². The van der Waals surface area contributed by atoms with Crippen LogP contribution in [0.5, 0.6) is 0 Å². The number of carbonyl (C=O) groups excluding carboxylic acids is 1. The summed E-state index contributed by atoms with van der Waals surface area (Å²) < 4.78 is 27.4. The average Bonchev–Trinajstić information content (AvgIpc) is 2.74. The summed E-state index contributed by atoms with van der Waals surface area (Å²) >= 11 is 6.26. The zero-order chi connectivity index (χ0) is 22.8. The van der Waals surface area contributed by atoms with Gasteiger partial charge in [0.05, 0.1) is 21.5 Å². The molecule has 0 spiro atoms. The Hall–Kier alpha value is -1.89. The molecule has 5 nitrogen and oxygen atoms in total. The van der Waals surface area contributed by atoms with E-state index < -0.39 is 15.9 Å². The molecule has 1 fully saturated rings. The fourth-order valence-corrected chi connectivity index (χ4v) is 5.47. The number of hydrogen-bond donors (Lipinski definition) is 1. The first-order valence-corrected chi connectivity index (χ1v) is 12.5. The SMILES string of the molecule is C[C@H](NC(=O)c1cc(S(=O)(=O)N2CCCCC2)ccc1Cl)c1ccc(C(C)(C)C)cc1. The third kappa shape index (κ3) is 5.48. The van der Waals surface area contributed by atoms with Gasteiger partial charge in [0.15, 0.2) is 0 Å². The topological polar surface area (TPSA) is 66.5 Å². The standard InChI is InChI=1S/C24H31ClN2O3S/c1-17(18-8-10-19(11-9-18)24(2,3)4)26-23(28)21-16-20(12-13-22(21)25)31(29,30)27-14-6-5-7-15-27/h8-13,16-17H,5-7,14-15H2,1-4H3,(H,26,28)/t17-/m0/s1. The monoisotopic (exact) mass is 462 g/mol. The second-order valence-corrected chi connectivity index (χ2v) is 11.5. The van der Waals surface area contributed by atoms with Gasteiger partial charge in [0, 0.05) is 13.1 Å². The van der Waals surface area contributed by atoms with Crippen LogP contribution in [0.3, 0.4) is 0 Å². The molecule has 1 saturated heterocycles. The summed E-state index contributed by atoms with van der Waals surface area (Å²) in [5.41, 5.74) is 2.40. The van der Waals surface area contributed by atoms with Crippen molar-refractivity contribution in [1.29, 1.82) is 0 Å². The average molecular weight is 463 g/mol. The number of carbonyl (C=O) groups is 1. The molecule has 0 bridgehead atoms. The van der Waals surface area contributed by atoms with Gasteiger partial charge in [-0.3, -0.25) is 4.79 Å². The molecule has 0 radical (unpaired) electrons. The minimum atomic E-state index is -3.64. The molecule has 0 saturated carbocycles. The van der Waals surface area contributed by atoms with Crippen LogP contribution in [0.4, 0.5) is 0 Å². The smallest absolute Gasteiger partial charge is 0.253 e. The Balaban J connectivity index is 1.79. The van der Waals surface area contributed by atoms with E-state index in [1.165, 1.54) is 28.1 Å². The van der Waals surface area contributed by atoms with Gasteiger partial charge in [-0.15, -0.1) is 0 Å². The highest BCUT2D eigenvalue weighted by Gasteiger charge is 2.27. The molecule has 3 rings (SSSR count). The number of nitrogens with zero attached hydrogens (tertiary/aromatic N) is 1. The van der Waals surface area contributed by atoms with E-state index in [0.29, 0.717) is 13.1 Å². The van der Waals surface area contributed by atoms with Crippen LogP contribution in [0, 0.1) is 0 Å². The summed E-state index contributed by atoms with van der Waals surface area (Å²) in [5.74, 6) is -0.395. The van der Waals surface area contributed by atoms with Gasteiger partial charge in [-0.2, -0.15) is 4.31 Å². The van der Waals surface area contributed by atoms with E-state index in [1.807, 2.05) is 19.1 Å². The molecule has 7 heteroatoms. The first kappa shape index (κ1) is 23.8. The minimum absolute atomic E-state index is 0.0544. The molecule has 0 aromatic heterocycles. The summed E-state index contributed by atoms with van der Waals surface area (Å²) in [6.07, 6.45) is 2.74. The van der Waals surface area contributed by atoms with Gasteiger partial charge in [-0.1, -0.05) is 63.1 Å². The van der Waals surface area contributed by atoms with Crippen molar-refractivity contribution in [3.63, 3.8) is 0 Å². The first-order valence-electron chi connectivity index (χ1n) is 10.7. The van der Waals surface area contributed by atoms with Gasteiger partial charge in [0.1, 0.15) is 0 Å². The van der Waals surface area contributed by atoms with E-state index in [-0.39, 0.29) is 26.9 Å². The Morgan fingerprint density at radius 2 is 1.65 bits per heavy atom. The van der Waals surface area contributed by atoms with Crippen LogP contribution >= 0.6 is 11.6 Å². The predicted molar refractivity (Wildman–Crippen MR) is 125 cm³/mol. The molecule has 31 heavy (non-hydrogen) atoms. The molecule has 2 aromatic carbocycles. The van der Waals surface area contributed by atoms with Crippen molar-refractivity contribution in [2.24, 2.45) is 0 Å². The van der Waals surface area contributed by atoms with Crippen molar-refractivity contribution in [2.75, 3.05) is 13.1 Å². The lowest BCUT2D eigenvalue weighted by Crippen LogP contribution is -2.35. The fraction of sp³-hybridized carbons (Fsp3) is 0.458. The first-order chi connectivity index (χ1) is 14.5. The molecule has 1 aliphatic rings. The van der Waals surface area contributed by atoms with E-state index >= 15 is 0 Å². The number of rotatable bonds is 5. The second kappa shape index (κ2) is 9.31. The molecule has 1 amide bonds. The quantitative estimate of drug-likeness (QED) is 0.655. The van der Waals surface area contributed by atoms with Gasteiger partial charge in [-0.25, -0.2) is 8.42 Å². The maximum absolute atomic E-state index is 13.0. The van der Waals surface area contributed by atoms with Crippen molar-refractivity contribution >= 4 is 27.5 Å². The number of amides is 1. The minimum Gasteiger partial charge on any atom is -0.345 e. The van der Waals surface area contributed by atoms with Crippen LogP contribution in [-0.4, -0.2) is 31.7 Å². The molecule has 0 unspecified atom stereocenters. The van der Waals surface area contributed by atoms with Crippen LogP contribution < -0.4 is 5.32 Å². The number of hydrogen-bond acceptors (Lipinski definition) is 3. The van der Waals surface area contributed by atoms with Crippen molar-refractivity contribution in [1.82, 2.24) is 9.62 Å². The molecule has 0 aliphatic carbocycles. The third-order valence-electron chi connectivity index (χ3n) is 5.76. The maximum atomic E-state index is 13.0. The fourth-order valence-electron chi connectivity index (χ4n) is 3.72. The van der Waals surface area contributed by atoms with E-state index in [9.17, 15) is 13.2 Å². The zero-order valence-electron chi connectivity index (χ0n) is 18.6. The lowest BCUT2D eigenvalue weighted by atomic mass is 9.86. The maximum Gasteiger partial charge on any atom is 0.253 e.